The van der Waals surface area contributed by atoms with E-state index in [1.807, 2.05) is 0 Å². The van der Waals surface area contributed by atoms with Crippen LogP contribution in [0.1, 0.15) is 5.56 Å². The highest BCUT2D eigenvalue weighted by atomic mass is 19.2. The zero-order valence-electron chi connectivity index (χ0n) is 6.50. The van der Waals surface area contributed by atoms with E-state index in [0.29, 0.717) is 0 Å². The van der Waals surface area contributed by atoms with Gasteiger partial charge in [0.25, 0.3) is 0 Å². The first-order valence-corrected chi connectivity index (χ1v) is 3.38. The molecule has 0 spiro atoms. The lowest BCUT2D eigenvalue weighted by Crippen LogP contribution is -2.05. The van der Waals surface area contributed by atoms with Crippen molar-refractivity contribution < 1.29 is 13.6 Å². The smallest absolute Gasteiger partial charge is 0.248 e. The Morgan fingerprint density at radius 2 is 2.23 bits per heavy atom. The Kier molecular flexibility index (Phi) is 2.69. The van der Waals surface area contributed by atoms with E-state index < -0.39 is 17.7 Å². The summed E-state index contributed by atoms with van der Waals surface area (Å²) in [6, 6.07) is 0.918. The second-order valence-corrected chi connectivity index (χ2v) is 2.28. The molecule has 0 unspecified atom stereocenters. The summed E-state index contributed by atoms with van der Waals surface area (Å²) < 4.78 is 24.8. The van der Waals surface area contributed by atoms with Crippen molar-refractivity contribution in [2.75, 3.05) is 0 Å². The Bertz CT molecular complexity index is 363. The van der Waals surface area contributed by atoms with E-state index in [2.05, 4.69) is 4.98 Å². The maximum absolute atomic E-state index is 12.5. The Balaban J connectivity index is 2.92. The number of carbonyl (C=O) groups is 1. The van der Waals surface area contributed by atoms with Crippen molar-refractivity contribution in [1.82, 2.24) is 4.98 Å². The number of primary amides is 1. The second kappa shape index (κ2) is 3.75. The molecular weight excluding hydrogens is 178 g/mol. The summed E-state index contributed by atoms with van der Waals surface area (Å²) in [5.74, 6) is -2.90. The maximum atomic E-state index is 12.5. The number of nitrogens with zero attached hydrogens (tertiary/aromatic N) is 1. The van der Waals surface area contributed by atoms with Crippen LogP contribution in [-0.4, -0.2) is 10.9 Å². The average Bonchev–Trinajstić information content (AvgIpc) is 2.07. The molecule has 1 aromatic rings. The van der Waals surface area contributed by atoms with Crippen molar-refractivity contribution >= 4 is 12.0 Å². The number of halogens is 2. The fourth-order valence-electron chi connectivity index (χ4n) is 0.706. The molecule has 1 aromatic heterocycles. The number of amides is 1. The van der Waals surface area contributed by atoms with Gasteiger partial charge in [-0.25, -0.2) is 9.37 Å². The third-order valence-corrected chi connectivity index (χ3v) is 1.26. The summed E-state index contributed by atoms with van der Waals surface area (Å²) >= 11 is 0. The molecule has 3 nitrogen and oxygen atoms in total. The molecule has 0 aliphatic rings. The molecule has 0 aliphatic carbocycles. The van der Waals surface area contributed by atoms with Gasteiger partial charge in [0.2, 0.25) is 11.9 Å². The Labute approximate surface area is 72.9 Å². The van der Waals surface area contributed by atoms with Gasteiger partial charge in [0.15, 0.2) is 5.82 Å². The zero-order valence-corrected chi connectivity index (χ0v) is 6.50. The van der Waals surface area contributed by atoms with Crippen LogP contribution in [0, 0.1) is 11.8 Å². The largest absolute Gasteiger partial charge is 0.366 e. The molecule has 2 N–H and O–H groups in total. The minimum atomic E-state index is -1.17. The highest BCUT2D eigenvalue weighted by molar-refractivity contribution is 5.90. The van der Waals surface area contributed by atoms with E-state index in [-0.39, 0.29) is 5.56 Å². The number of aromatic nitrogens is 1. The first-order valence-electron chi connectivity index (χ1n) is 3.38. The highest BCUT2D eigenvalue weighted by Gasteiger charge is 2.01. The predicted octanol–water partition coefficient (Wildman–Crippen LogP) is 0.858. The lowest BCUT2D eigenvalue weighted by atomic mass is 10.2. The number of rotatable bonds is 2. The number of nitrogens with two attached hydrogens (primary N) is 1. The Morgan fingerprint density at radius 3 is 2.77 bits per heavy atom. The van der Waals surface area contributed by atoms with Gasteiger partial charge in [-0.2, -0.15) is 4.39 Å². The molecule has 1 heterocycles. The van der Waals surface area contributed by atoms with Gasteiger partial charge < -0.3 is 5.73 Å². The molecule has 0 saturated heterocycles. The molecule has 0 fully saturated rings. The number of hydrogen-bond acceptors (Lipinski definition) is 2. The van der Waals surface area contributed by atoms with Crippen molar-refractivity contribution in [2.24, 2.45) is 5.73 Å². The zero-order chi connectivity index (χ0) is 9.84. The van der Waals surface area contributed by atoms with Crippen LogP contribution in [0.5, 0.6) is 0 Å². The van der Waals surface area contributed by atoms with Crippen molar-refractivity contribution in [1.29, 1.82) is 0 Å². The molecule has 13 heavy (non-hydrogen) atoms. The van der Waals surface area contributed by atoms with Crippen LogP contribution < -0.4 is 5.73 Å². The minimum absolute atomic E-state index is 0.276. The molecule has 0 bridgehead atoms. The summed E-state index contributed by atoms with van der Waals surface area (Å²) in [4.78, 5) is 13.4. The maximum Gasteiger partial charge on any atom is 0.248 e. The van der Waals surface area contributed by atoms with Gasteiger partial charge in [-0.3, -0.25) is 4.79 Å². The SMILES string of the molecule is NC(=O)C=Cc1cnc(F)c(F)c1. The van der Waals surface area contributed by atoms with E-state index in [1.165, 1.54) is 6.08 Å². The van der Waals surface area contributed by atoms with Crippen LogP contribution in [-0.2, 0) is 4.79 Å². The summed E-state index contributed by atoms with van der Waals surface area (Å²) in [5, 5.41) is 0. The lowest BCUT2D eigenvalue weighted by molar-refractivity contribution is -0.113. The average molecular weight is 184 g/mol. The second-order valence-electron chi connectivity index (χ2n) is 2.28. The van der Waals surface area contributed by atoms with E-state index in [9.17, 15) is 13.6 Å². The molecule has 0 aliphatic heterocycles. The molecular formula is C8H6F2N2O. The third kappa shape index (κ3) is 2.62. The molecule has 5 heteroatoms. The van der Waals surface area contributed by atoms with Crippen molar-refractivity contribution in [3.05, 3.63) is 35.7 Å². The van der Waals surface area contributed by atoms with Crippen molar-refractivity contribution in [3.8, 4) is 0 Å². The van der Waals surface area contributed by atoms with Gasteiger partial charge in [0, 0.05) is 12.3 Å². The number of carbonyl (C=O) groups excluding carboxylic acids is 1. The van der Waals surface area contributed by atoms with E-state index in [1.54, 1.807) is 0 Å². The molecule has 0 radical (unpaired) electrons. The van der Waals surface area contributed by atoms with Crippen molar-refractivity contribution in [2.45, 2.75) is 0 Å². The molecule has 1 rings (SSSR count). The van der Waals surface area contributed by atoms with Gasteiger partial charge in [-0.1, -0.05) is 0 Å². The van der Waals surface area contributed by atoms with E-state index in [0.717, 1.165) is 18.3 Å². The molecule has 68 valence electrons. The standard InChI is InChI=1S/C8H6F2N2O/c9-6-3-5(1-2-7(11)13)4-12-8(6)10/h1-4H,(H2,11,13). The molecule has 0 aromatic carbocycles. The van der Waals surface area contributed by atoms with Crippen LogP contribution in [0.25, 0.3) is 6.08 Å². The summed E-state index contributed by atoms with van der Waals surface area (Å²) in [6.07, 6.45) is 3.38. The number of pyridine rings is 1. The Hall–Kier alpha value is -1.78. The van der Waals surface area contributed by atoms with Gasteiger partial charge in [-0.15, -0.1) is 0 Å². The first-order chi connectivity index (χ1) is 6.09. The van der Waals surface area contributed by atoms with Crippen LogP contribution in [0.2, 0.25) is 0 Å². The normalized spacial score (nSPS) is 10.6. The van der Waals surface area contributed by atoms with E-state index in [4.69, 9.17) is 5.73 Å². The molecule has 0 saturated carbocycles. The Morgan fingerprint density at radius 1 is 1.54 bits per heavy atom. The molecule has 1 amide bonds. The quantitative estimate of drug-likeness (QED) is 0.547. The minimum Gasteiger partial charge on any atom is -0.366 e. The van der Waals surface area contributed by atoms with Crippen LogP contribution in [0.3, 0.4) is 0 Å². The highest BCUT2D eigenvalue weighted by Crippen LogP contribution is 2.06. The predicted molar refractivity (Wildman–Crippen MR) is 42.4 cm³/mol. The van der Waals surface area contributed by atoms with E-state index >= 15 is 0 Å². The fourth-order valence-corrected chi connectivity index (χ4v) is 0.706. The van der Waals surface area contributed by atoms with Gasteiger partial charge in [-0.05, 0) is 17.7 Å². The topological polar surface area (TPSA) is 56.0 Å². The number of hydrogen-bond donors (Lipinski definition) is 1. The van der Waals surface area contributed by atoms with Gasteiger partial charge in [0.1, 0.15) is 0 Å². The van der Waals surface area contributed by atoms with Crippen LogP contribution >= 0.6 is 0 Å². The fraction of sp³-hybridized carbons (Fsp3) is 0. The van der Waals surface area contributed by atoms with Crippen LogP contribution in [0.15, 0.2) is 18.3 Å². The van der Waals surface area contributed by atoms with Gasteiger partial charge in [0.05, 0.1) is 0 Å². The summed E-state index contributed by atoms with van der Waals surface area (Å²) in [5.41, 5.74) is 5.07. The first kappa shape index (κ1) is 9.31. The van der Waals surface area contributed by atoms with Gasteiger partial charge >= 0.3 is 0 Å². The monoisotopic (exact) mass is 184 g/mol. The van der Waals surface area contributed by atoms with Crippen molar-refractivity contribution in [3.63, 3.8) is 0 Å². The third-order valence-electron chi connectivity index (χ3n) is 1.26. The summed E-state index contributed by atoms with van der Waals surface area (Å²) in [6.45, 7) is 0. The van der Waals surface area contributed by atoms with Crippen LogP contribution in [0.4, 0.5) is 8.78 Å². The lowest BCUT2D eigenvalue weighted by Gasteiger charge is -1.93. The summed E-state index contributed by atoms with van der Waals surface area (Å²) in [7, 11) is 0. The molecule has 0 atom stereocenters.